The number of aromatic nitrogens is 3. The Morgan fingerprint density at radius 1 is 1.32 bits per heavy atom. The van der Waals surface area contributed by atoms with E-state index in [1.807, 2.05) is 6.07 Å². The van der Waals surface area contributed by atoms with Gasteiger partial charge in [0.05, 0.1) is 12.3 Å². The Balaban J connectivity index is 1.61. The summed E-state index contributed by atoms with van der Waals surface area (Å²) in [4.78, 5) is 16.5. The van der Waals surface area contributed by atoms with E-state index in [1.54, 1.807) is 45.0 Å². The molecule has 1 saturated heterocycles. The highest BCUT2D eigenvalue weighted by atomic mass is 31.2. The van der Waals surface area contributed by atoms with E-state index < -0.39 is 55.4 Å². The predicted octanol–water partition coefficient (Wildman–Crippen LogP) is 2.06. The summed E-state index contributed by atoms with van der Waals surface area (Å²) in [5.41, 5.74) is 1.22. The molecular formula is C26H33N6O8P. The fourth-order valence-corrected chi connectivity index (χ4v) is 5.91. The number of benzene rings is 1. The molecule has 1 unspecified atom stereocenters. The molecule has 0 radical (unpaired) electrons. The average molecular weight is 589 g/mol. The number of carbonyl (C=O) groups is 1. The number of nitrogens with two attached hydrogens (primary N) is 1. The lowest BCUT2D eigenvalue weighted by Crippen LogP contribution is -2.52. The van der Waals surface area contributed by atoms with Crippen molar-refractivity contribution >= 4 is 25.1 Å². The van der Waals surface area contributed by atoms with Crippen LogP contribution in [0.5, 0.6) is 5.75 Å². The van der Waals surface area contributed by atoms with Gasteiger partial charge in [0.2, 0.25) is 5.60 Å². The molecule has 41 heavy (non-hydrogen) atoms. The van der Waals surface area contributed by atoms with Gasteiger partial charge in [-0.3, -0.25) is 9.32 Å². The Hall–Kier alpha value is -3.57. The van der Waals surface area contributed by atoms with Crippen LogP contribution in [-0.4, -0.2) is 66.8 Å². The van der Waals surface area contributed by atoms with Crippen molar-refractivity contribution in [3.05, 3.63) is 54.5 Å². The predicted molar refractivity (Wildman–Crippen MR) is 145 cm³/mol. The second-order valence-electron chi connectivity index (χ2n) is 10.8. The van der Waals surface area contributed by atoms with Gasteiger partial charge in [-0.05, 0) is 58.9 Å². The molecule has 3 aromatic rings. The van der Waals surface area contributed by atoms with Gasteiger partial charge in [0.1, 0.15) is 53.1 Å². The summed E-state index contributed by atoms with van der Waals surface area (Å²) in [6.07, 6.45) is -1.90. The van der Waals surface area contributed by atoms with E-state index in [1.165, 1.54) is 42.9 Å². The van der Waals surface area contributed by atoms with E-state index in [9.17, 15) is 24.8 Å². The molecule has 2 aromatic heterocycles. The van der Waals surface area contributed by atoms with Crippen LogP contribution in [0.15, 0.2) is 48.8 Å². The molecule has 0 spiro atoms. The summed E-state index contributed by atoms with van der Waals surface area (Å²) in [5, 5.41) is 39.4. The smallest absolute Gasteiger partial charge is 0.459 e. The number of anilines is 1. The Labute approximate surface area is 236 Å². The third-order valence-electron chi connectivity index (χ3n) is 6.46. The number of nitriles is 1. The lowest BCUT2D eigenvalue weighted by atomic mass is 9.80. The molecule has 0 amide bonds. The van der Waals surface area contributed by atoms with Gasteiger partial charge in [-0.15, -0.1) is 0 Å². The van der Waals surface area contributed by atoms with Crippen molar-refractivity contribution in [1.82, 2.24) is 19.7 Å². The quantitative estimate of drug-likeness (QED) is 0.209. The van der Waals surface area contributed by atoms with Crippen molar-refractivity contribution in [2.45, 2.75) is 69.7 Å². The van der Waals surface area contributed by atoms with Crippen LogP contribution in [0.1, 0.15) is 40.3 Å². The van der Waals surface area contributed by atoms with Crippen LogP contribution in [0.4, 0.5) is 5.82 Å². The Morgan fingerprint density at radius 3 is 2.63 bits per heavy atom. The summed E-state index contributed by atoms with van der Waals surface area (Å²) in [6.45, 7) is 7.11. The maximum Gasteiger partial charge on any atom is 0.459 e. The van der Waals surface area contributed by atoms with Crippen LogP contribution in [0.3, 0.4) is 0 Å². The highest BCUT2D eigenvalue weighted by Gasteiger charge is 2.65. The van der Waals surface area contributed by atoms with Crippen LogP contribution in [0.25, 0.3) is 5.52 Å². The molecule has 4 rings (SSSR count). The third-order valence-corrected chi connectivity index (χ3v) is 8.10. The number of nitrogens with one attached hydrogen (secondary N) is 1. The van der Waals surface area contributed by atoms with Crippen LogP contribution in [0.2, 0.25) is 0 Å². The van der Waals surface area contributed by atoms with Gasteiger partial charge in [-0.25, -0.2) is 14.1 Å². The molecule has 0 saturated carbocycles. The maximum absolute atomic E-state index is 13.9. The SMILES string of the molecule is C[C@H](NP(=O)(OC[C@H]1O[C@@](C#N)(c2ccc3c(N)ncnn23)[C@](C)(O)[C@@H]1O)Oc1ccccc1)C(=O)OC(C)(C)C. The maximum atomic E-state index is 13.9. The minimum absolute atomic E-state index is 0.0797. The number of fused-ring (bicyclic) bond motifs is 1. The van der Waals surface area contributed by atoms with Crippen molar-refractivity contribution in [2.24, 2.45) is 0 Å². The van der Waals surface area contributed by atoms with E-state index in [-0.39, 0.29) is 17.3 Å². The molecule has 6 atom stereocenters. The molecule has 1 aromatic carbocycles. The first-order valence-corrected chi connectivity index (χ1v) is 14.2. The number of aliphatic hydroxyl groups is 2. The first-order valence-electron chi connectivity index (χ1n) is 12.7. The van der Waals surface area contributed by atoms with E-state index in [0.717, 1.165) is 0 Å². The summed E-state index contributed by atoms with van der Waals surface area (Å²) in [7, 11) is -4.34. The van der Waals surface area contributed by atoms with E-state index >= 15 is 0 Å². The van der Waals surface area contributed by atoms with E-state index in [2.05, 4.69) is 15.2 Å². The molecule has 1 fully saturated rings. The lowest BCUT2D eigenvalue weighted by molar-refractivity contribution is -0.156. The molecule has 5 N–H and O–H groups in total. The Kier molecular flexibility index (Phi) is 8.17. The second-order valence-corrected chi connectivity index (χ2v) is 12.5. The molecule has 0 aliphatic carbocycles. The summed E-state index contributed by atoms with van der Waals surface area (Å²) >= 11 is 0. The number of nitrogen functional groups attached to an aromatic ring is 1. The standard InChI is InChI=1S/C26H33N6O8P/c1-16(23(34)39-24(2,3)4)31-41(36,40-17-9-7-6-8-10-17)37-13-19-21(33)25(5,35)26(14-27,38-19)20-12-11-18-22(28)29-15-30-32(18)20/h6-12,15-16,19,21,33,35H,13H2,1-5H3,(H,31,36)(H2,28,29,30)/t16-,19+,21+,25+,26-,41?/m0/s1. The highest BCUT2D eigenvalue weighted by Crippen LogP contribution is 2.50. The van der Waals surface area contributed by atoms with Gasteiger partial charge in [0.25, 0.3) is 0 Å². The zero-order chi connectivity index (χ0) is 30.2. The molecule has 1 aliphatic heterocycles. The third kappa shape index (κ3) is 5.92. The highest BCUT2D eigenvalue weighted by molar-refractivity contribution is 7.52. The number of carbonyl (C=O) groups excluding carboxylic acids is 1. The number of rotatable bonds is 9. The van der Waals surface area contributed by atoms with Crippen molar-refractivity contribution in [1.29, 1.82) is 5.26 Å². The average Bonchev–Trinajstić information content (AvgIpc) is 3.41. The monoisotopic (exact) mass is 588 g/mol. The van der Waals surface area contributed by atoms with Crippen LogP contribution < -0.4 is 15.3 Å². The molecule has 3 heterocycles. The van der Waals surface area contributed by atoms with Crippen LogP contribution in [0, 0.1) is 11.3 Å². The molecular weight excluding hydrogens is 555 g/mol. The number of ether oxygens (including phenoxy) is 2. The number of hydrogen-bond acceptors (Lipinski definition) is 12. The van der Waals surface area contributed by atoms with Gasteiger partial charge < -0.3 is 29.9 Å². The Morgan fingerprint density at radius 2 is 2.00 bits per heavy atom. The lowest BCUT2D eigenvalue weighted by Gasteiger charge is -2.33. The number of esters is 1. The molecule has 0 bridgehead atoms. The van der Waals surface area contributed by atoms with Gasteiger partial charge >= 0.3 is 13.7 Å². The first-order chi connectivity index (χ1) is 19.1. The number of para-hydroxylation sites is 1. The van der Waals surface area contributed by atoms with Crippen molar-refractivity contribution in [3.8, 4) is 11.8 Å². The molecule has 220 valence electrons. The second kappa shape index (κ2) is 11.0. The minimum Gasteiger partial charge on any atom is -0.459 e. The van der Waals surface area contributed by atoms with Crippen LogP contribution in [-0.2, 0) is 29.0 Å². The summed E-state index contributed by atoms with van der Waals surface area (Å²) < 4.78 is 37.8. The number of aliphatic hydroxyl groups excluding tert-OH is 1. The van der Waals surface area contributed by atoms with E-state index in [0.29, 0.717) is 5.52 Å². The number of hydrogen-bond donors (Lipinski definition) is 4. The molecule has 15 heteroatoms. The van der Waals surface area contributed by atoms with Gasteiger partial charge in [0, 0.05) is 0 Å². The van der Waals surface area contributed by atoms with Gasteiger partial charge in [0.15, 0.2) is 5.82 Å². The van der Waals surface area contributed by atoms with Crippen molar-refractivity contribution < 1.29 is 38.1 Å². The minimum atomic E-state index is -4.34. The van der Waals surface area contributed by atoms with Crippen LogP contribution >= 0.6 is 7.75 Å². The number of nitrogens with zero attached hydrogens (tertiary/aromatic N) is 4. The van der Waals surface area contributed by atoms with Crippen molar-refractivity contribution in [3.63, 3.8) is 0 Å². The largest absolute Gasteiger partial charge is 0.459 e. The van der Waals surface area contributed by atoms with Gasteiger partial charge in [-0.2, -0.15) is 15.4 Å². The Bertz CT molecular complexity index is 1500. The van der Waals surface area contributed by atoms with E-state index in [4.69, 9.17) is 24.3 Å². The zero-order valence-electron chi connectivity index (χ0n) is 23.2. The normalized spacial score (nSPS) is 26.7. The van der Waals surface area contributed by atoms with Gasteiger partial charge in [-0.1, -0.05) is 18.2 Å². The fourth-order valence-electron chi connectivity index (χ4n) is 4.40. The zero-order valence-corrected chi connectivity index (χ0v) is 24.1. The fraction of sp³-hybridized carbons (Fsp3) is 0.462. The summed E-state index contributed by atoms with van der Waals surface area (Å²) in [6, 6.07) is 12.0. The van der Waals surface area contributed by atoms with Crippen molar-refractivity contribution in [2.75, 3.05) is 12.3 Å². The molecule has 1 aliphatic rings. The molecule has 14 nitrogen and oxygen atoms in total. The topological polar surface area (TPSA) is 204 Å². The first kappa shape index (κ1) is 30.4. The summed E-state index contributed by atoms with van der Waals surface area (Å²) in [5.74, 6) is -0.410.